The second-order valence-electron chi connectivity index (χ2n) is 5.86. The monoisotopic (exact) mass is 249 g/mol. The van der Waals surface area contributed by atoms with Crippen LogP contribution >= 0.6 is 0 Å². The predicted molar refractivity (Wildman–Crippen MR) is 68.8 cm³/mol. The van der Waals surface area contributed by atoms with E-state index in [1.807, 2.05) is 13.0 Å². The first-order valence-electron chi connectivity index (χ1n) is 6.74. The van der Waals surface area contributed by atoms with Crippen LogP contribution < -0.4 is 5.73 Å². The van der Waals surface area contributed by atoms with Gasteiger partial charge in [0.05, 0.1) is 6.10 Å². The van der Waals surface area contributed by atoms with E-state index >= 15 is 0 Å². The van der Waals surface area contributed by atoms with Gasteiger partial charge < -0.3 is 10.5 Å². The fraction of sp³-hybridized carbons (Fsp3) is 0.600. The van der Waals surface area contributed by atoms with Crippen molar-refractivity contribution < 1.29 is 9.13 Å². The van der Waals surface area contributed by atoms with Gasteiger partial charge in [0.2, 0.25) is 0 Å². The lowest BCUT2D eigenvalue weighted by molar-refractivity contribution is 0.0626. The minimum atomic E-state index is -0.260. The van der Waals surface area contributed by atoms with E-state index in [0.29, 0.717) is 5.92 Å². The largest absolute Gasteiger partial charge is 0.376 e. The maximum Gasteiger partial charge on any atom is 0.123 e. The molecule has 1 aromatic rings. The number of benzene rings is 1. The van der Waals surface area contributed by atoms with Crippen LogP contribution in [0.5, 0.6) is 0 Å². The highest BCUT2D eigenvalue weighted by Gasteiger charge is 2.48. The van der Waals surface area contributed by atoms with Gasteiger partial charge in [-0.3, -0.25) is 0 Å². The lowest BCUT2D eigenvalue weighted by atomic mass is 9.82. The van der Waals surface area contributed by atoms with Gasteiger partial charge in [-0.2, -0.15) is 0 Å². The molecule has 1 aliphatic heterocycles. The molecule has 1 saturated carbocycles. The van der Waals surface area contributed by atoms with Gasteiger partial charge in [-0.25, -0.2) is 4.39 Å². The molecule has 2 atom stereocenters. The van der Waals surface area contributed by atoms with Crippen molar-refractivity contribution in [2.24, 2.45) is 11.7 Å². The van der Waals surface area contributed by atoms with E-state index in [4.69, 9.17) is 10.5 Å². The number of nitrogens with two attached hydrogens (primary N) is 1. The van der Waals surface area contributed by atoms with Crippen molar-refractivity contribution in [2.45, 2.75) is 44.2 Å². The molecule has 1 heterocycles. The maximum absolute atomic E-state index is 13.1. The van der Waals surface area contributed by atoms with E-state index in [1.165, 1.54) is 18.9 Å². The molecule has 1 aromatic carbocycles. The zero-order chi connectivity index (χ0) is 12.8. The van der Waals surface area contributed by atoms with E-state index in [9.17, 15) is 4.39 Å². The van der Waals surface area contributed by atoms with Crippen LogP contribution in [-0.2, 0) is 11.2 Å². The van der Waals surface area contributed by atoms with Crippen molar-refractivity contribution in [1.82, 2.24) is 0 Å². The Hall–Kier alpha value is -0.930. The summed E-state index contributed by atoms with van der Waals surface area (Å²) in [4.78, 5) is 0. The second-order valence-corrected chi connectivity index (χ2v) is 5.86. The van der Waals surface area contributed by atoms with E-state index in [-0.39, 0.29) is 17.5 Å². The maximum atomic E-state index is 13.1. The Kier molecular flexibility index (Phi) is 2.91. The number of rotatable bonds is 3. The molecular formula is C15H20FNO. The number of halogens is 1. The minimum absolute atomic E-state index is 0.177. The van der Waals surface area contributed by atoms with E-state index in [0.717, 1.165) is 30.6 Å². The fourth-order valence-electron chi connectivity index (χ4n) is 3.09. The van der Waals surface area contributed by atoms with Gasteiger partial charge in [-0.1, -0.05) is 6.07 Å². The first kappa shape index (κ1) is 12.1. The van der Waals surface area contributed by atoms with Gasteiger partial charge in [0.25, 0.3) is 0 Å². The molecule has 2 nitrogen and oxygen atoms in total. The number of hydrogen-bond acceptors (Lipinski definition) is 2. The Morgan fingerprint density at radius 3 is 2.89 bits per heavy atom. The van der Waals surface area contributed by atoms with Crippen LogP contribution in [-0.4, -0.2) is 18.2 Å². The van der Waals surface area contributed by atoms with Crippen molar-refractivity contribution >= 4 is 0 Å². The minimum Gasteiger partial charge on any atom is -0.376 e. The van der Waals surface area contributed by atoms with Crippen LogP contribution in [0.15, 0.2) is 18.2 Å². The molecule has 1 saturated heterocycles. The molecular weight excluding hydrogens is 229 g/mol. The molecule has 18 heavy (non-hydrogen) atoms. The first-order valence-corrected chi connectivity index (χ1v) is 6.74. The Morgan fingerprint density at radius 1 is 1.44 bits per heavy atom. The van der Waals surface area contributed by atoms with Gasteiger partial charge in [0.15, 0.2) is 0 Å². The van der Waals surface area contributed by atoms with Crippen molar-refractivity contribution in [3.8, 4) is 0 Å². The van der Waals surface area contributed by atoms with Crippen LogP contribution in [0.1, 0.15) is 30.4 Å². The molecule has 2 aliphatic rings. The summed E-state index contributed by atoms with van der Waals surface area (Å²) in [5.41, 5.74) is 8.44. The van der Waals surface area contributed by atoms with Crippen molar-refractivity contribution in [1.29, 1.82) is 0 Å². The zero-order valence-electron chi connectivity index (χ0n) is 10.8. The summed E-state index contributed by atoms with van der Waals surface area (Å²) in [7, 11) is 0. The van der Waals surface area contributed by atoms with Gasteiger partial charge in [-0.15, -0.1) is 0 Å². The normalized spacial score (nSPS) is 31.8. The van der Waals surface area contributed by atoms with Crippen LogP contribution in [0, 0.1) is 18.7 Å². The van der Waals surface area contributed by atoms with Crippen LogP contribution in [0.2, 0.25) is 0 Å². The van der Waals surface area contributed by atoms with Crippen molar-refractivity contribution in [3.05, 3.63) is 35.1 Å². The highest BCUT2D eigenvalue weighted by atomic mass is 19.1. The summed E-state index contributed by atoms with van der Waals surface area (Å²) in [6, 6.07) is 4.97. The van der Waals surface area contributed by atoms with Gasteiger partial charge in [-0.05, 0) is 61.8 Å². The smallest absolute Gasteiger partial charge is 0.123 e. The Balaban J connectivity index is 1.81. The van der Waals surface area contributed by atoms with Gasteiger partial charge >= 0.3 is 0 Å². The summed E-state index contributed by atoms with van der Waals surface area (Å²) >= 11 is 0. The molecule has 0 bridgehead atoms. The van der Waals surface area contributed by atoms with E-state index in [1.54, 1.807) is 6.07 Å². The highest BCUT2D eigenvalue weighted by molar-refractivity contribution is 5.29. The molecule has 1 aliphatic carbocycles. The SMILES string of the molecule is Cc1cc(F)ccc1CC1(N)CCOC1C1CC1. The quantitative estimate of drug-likeness (QED) is 0.893. The predicted octanol–water partition coefficient (Wildman–Crippen LogP) is 2.57. The van der Waals surface area contributed by atoms with Crippen molar-refractivity contribution in [2.75, 3.05) is 6.61 Å². The molecule has 0 spiro atoms. The Bertz CT molecular complexity index is 458. The molecule has 3 heteroatoms. The molecule has 2 fully saturated rings. The molecule has 98 valence electrons. The summed E-state index contributed by atoms with van der Waals surface area (Å²) < 4.78 is 18.9. The molecule has 0 amide bonds. The lowest BCUT2D eigenvalue weighted by Gasteiger charge is -2.30. The molecule has 2 unspecified atom stereocenters. The van der Waals surface area contributed by atoms with Gasteiger partial charge in [0.1, 0.15) is 5.82 Å². The topological polar surface area (TPSA) is 35.2 Å². The highest BCUT2D eigenvalue weighted by Crippen LogP contribution is 2.43. The van der Waals surface area contributed by atoms with Crippen LogP contribution in [0.3, 0.4) is 0 Å². The van der Waals surface area contributed by atoms with E-state index in [2.05, 4.69) is 0 Å². The zero-order valence-corrected chi connectivity index (χ0v) is 10.8. The summed E-state index contributed by atoms with van der Waals surface area (Å²) in [5.74, 6) is 0.474. The van der Waals surface area contributed by atoms with Crippen molar-refractivity contribution in [3.63, 3.8) is 0 Å². The van der Waals surface area contributed by atoms with E-state index < -0.39 is 0 Å². The summed E-state index contributed by atoms with van der Waals surface area (Å²) in [6.07, 6.45) is 4.38. The lowest BCUT2D eigenvalue weighted by Crippen LogP contribution is -2.50. The summed E-state index contributed by atoms with van der Waals surface area (Å²) in [5, 5.41) is 0. The average molecular weight is 249 g/mol. The number of ether oxygens (including phenoxy) is 1. The molecule has 0 aromatic heterocycles. The fourth-order valence-corrected chi connectivity index (χ4v) is 3.09. The second kappa shape index (κ2) is 4.32. The molecule has 0 radical (unpaired) electrons. The molecule has 3 rings (SSSR count). The third-order valence-electron chi connectivity index (χ3n) is 4.31. The third-order valence-corrected chi connectivity index (χ3v) is 4.31. The number of hydrogen-bond donors (Lipinski definition) is 1. The Morgan fingerprint density at radius 2 is 2.22 bits per heavy atom. The summed E-state index contributed by atoms with van der Waals surface area (Å²) in [6.45, 7) is 2.71. The van der Waals surface area contributed by atoms with Gasteiger partial charge in [0, 0.05) is 12.1 Å². The first-order chi connectivity index (χ1) is 8.58. The average Bonchev–Trinajstić information content (AvgIpc) is 3.07. The van der Waals surface area contributed by atoms with Crippen LogP contribution in [0.4, 0.5) is 4.39 Å². The number of aryl methyl sites for hydroxylation is 1. The third kappa shape index (κ3) is 2.17. The standard InChI is InChI=1S/C15H20FNO/c1-10-8-13(16)5-4-12(10)9-15(17)6-7-18-14(15)11-2-3-11/h4-5,8,11,14H,2-3,6-7,9,17H2,1H3. The Labute approximate surface area is 107 Å². The van der Waals surface area contributed by atoms with Crippen LogP contribution in [0.25, 0.3) is 0 Å². The molecule has 2 N–H and O–H groups in total.